The third-order valence-corrected chi connectivity index (χ3v) is 5.86. The first-order chi connectivity index (χ1) is 9.20. The molecule has 1 aromatic heterocycles. The summed E-state index contributed by atoms with van der Waals surface area (Å²) in [6, 6.07) is 4.10. The van der Waals surface area contributed by atoms with Crippen molar-refractivity contribution in [1.29, 1.82) is 0 Å². The van der Waals surface area contributed by atoms with Crippen molar-refractivity contribution in [3.63, 3.8) is 0 Å². The Kier molecular flexibility index (Phi) is 5.10. The van der Waals surface area contributed by atoms with Gasteiger partial charge in [0.25, 0.3) is 0 Å². The van der Waals surface area contributed by atoms with E-state index in [4.69, 9.17) is 0 Å². The van der Waals surface area contributed by atoms with Crippen molar-refractivity contribution in [2.45, 2.75) is 32.1 Å². The summed E-state index contributed by atoms with van der Waals surface area (Å²) in [7, 11) is 0. The fraction of sp³-hybridized carbons (Fsp3) is 0.667. The van der Waals surface area contributed by atoms with Crippen LogP contribution in [-0.2, 0) is 4.79 Å². The van der Waals surface area contributed by atoms with Gasteiger partial charge in [-0.05, 0) is 49.6 Å². The number of carbonyl (C=O) groups is 1. The number of hydrogen-bond donors (Lipinski definition) is 1. The molecule has 2 saturated heterocycles. The lowest BCUT2D eigenvalue weighted by Gasteiger charge is -2.39. The Hall–Kier alpha value is -0.580. The first-order valence-electron chi connectivity index (χ1n) is 7.23. The maximum atomic E-state index is 12.5. The molecule has 2 fully saturated rings. The van der Waals surface area contributed by atoms with Gasteiger partial charge in [-0.3, -0.25) is 4.79 Å². The number of nitrogens with zero attached hydrogens (tertiary/aromatic N) is 1. The van der Waals surface area contributed by atoms with Crippen molar-refractivity contribution in [2.75, 3.05) is 26.2 Å². The third-order valence-electron chi connectivity index (χ3n) is 4.81. The van der Waals surface area contributed by atoms with Crippen LogP contribution in [0.1, 0.15) is 37.0 Å². The zero-order valence-corrected chi connectivity index (χ0v) is 13.6. The molecular weight excluding hydrogens is 292 g/mol. The summed E-state index contributed by atoms with van der Waals surface area (Å²) in [6.07, 6.45) is 3.63. The van der Waals surface area contributed by atoms with E-state index in [1.54, 1.807) is 11.3 Å². The van der Waals surface area contributed by atoms with E-state index >= 15 is 0 Å². The SMILES string of the molecule is CC(C(=O)N1CCC2(CCNC2)CC1)c1cccs1.Cl. The van der Waals surface area contributed by atoms with Crippen LogP contribution in [0.5, 0.6) is 0 Å². The van der Waals surface area contributed by atoms with E-state index in [-0.39, 0.29) is 18.3 Å². The van der Waals surface area contributed by atoms with Crippen molar-refractivity contribution < 1.29 is 4.79 Å². The molecule has 20 heavy (non-hydrogen) atoms. The van der Waals surface area contributed by atoms with Gasteiger partial charge in [-0.2, -0.15) is 0 Å². The molecule has 0 aliphatic carbocycles. The Labute approximate surface area is 131 Å². The number of nitrogens with one attached hydrogen (secondary N) is 1. The molecule has 0 aromatic carbocycles. The fourth-order valence-corrected chi connectivity index (χ4v) is 4.13. The lowest BCUT2D eigenvalue weighted by molar-refractivity contribution is -0.134. The molecule has 1 atom stereocenters. The molecule has 1 N–H and O–H groups in total. The number of rotatable bonds is 2. The Balaban J connectivity index is 0.00000147. The average Bonchev–Trinajstić information content (AvgIpc) is 3.10. The highest BCUT2D eigenvalue weighted by atomic mass is 35.5. The van der Waals surface area contributed by atoms with E-state index in [1.165, 1.54) is 24.1 Å². The quantitative estimate of drug-likeness (QED) is 0.910. The van der Waals surface area contributed by atoms with Crippen LogP contribution in [0.4, 0.5) is 0 Å². The summed E-state index contributed by atoms with van der Waals surface area (Å²) >= 11 is 1.68. The summed E-state index contributed by atoms with van der Waals surface area (Å²) in [4.78, 5) is 15.8. The van der Waals surface area contributed by atoms with Gasteiger partial charge in [-0.15, -0.1) is 23.7 Å². The predicted molar refractivity (Wildman–Crippen MR) is 85.7 cm³/mol. The van der Waals surface area contributed by atoms with Crippen molar-refractivity contribution in [2.24, 2.45) is 5.41 Å². The molecule has 112 valence electrons. The van der Waals surface area contributed by atoms with Crippen molar-refractivity contribution in [1.82, 2.24) is 10.2 Å². The average molecular weight is 315 g/mol. The van der Waals surface area contributed by atoms with Crippen LogP contribution in [0.2, 0.25) is 0 Å². The molecule has 1 aromatic rings. The van der Waals surface area contributed by atoms with Gasteiger partial charge >= 0.3 is 0 Å². The highest BCUT2D eigenvalue weighted by molar-refractivity contribution is 7.10. The largest absolute Gasteiger partial charge is 0.342 e. The normalized spacial score (nSPS) is 22.6. The van der Waals surface area contributed by atoms with Gasteiger partial charge < -0.3 is 10.2 Å². The second kappa shape index (κ2) is 6.46. The molecule has 0 saturated carbocycles. The second-order valence-corrected chi connectivity index (χ2v) is 6.97. The lowest BCUT2D eigenvalue weighted by Crippen LogP contribution is -2.45. The fourth-order valence-electron chi connectivity index (χ4n) is 3.36. The summed E-state index contributed by atoms with van der Waals surface area (Å²) < 4.78 is 0. The molecule has 1 amide bonds. The second-order valence-electron chi connectivity index (χ2n) is 5.99. The van der Waals surface area contributed by atoms with Crippen LogP contribution in [0.3, 0.4) is 0 Å². The Morgan fingerprint density at radius 1 is 1.40 bits per heavy atom. The lowest BCUT2D eigenvalue weighted by atomic mass is 9.77. The molecule has 0 bridgehead atoms. The monoisotopic (exact) mass is 314 g/mol. The Morgan fingerprint density at radius 3 is 2.70 bits per heavy atom. The van der Waals surface area contributed by atoms with E-state index in [1.807, 2.05) is 13.0 Å². The van der Waals surface area contributed by atoms with Crippen LogP contribution in [0.15, 0.2) is 17.5 Å². The van der Waals surface area contributed by atoms with Crippen molar-refractivity contribution in [3.05, 3.63) is 22.4 Å². The highest BCUT2D eigenvalue weighted by Crippen LogP contribution is 2.37. The standard InChI is InChI=1S/C15H22N2OS.ClH/c1-12(13-3-2-10-19-13)14(18)17-8-5-15(6-9-17)4-7-16-11-15;/h2-3,10,12,16H,4-9,11H2,1H3;1H. The zero-order valence-electron chi connectivity index (χ0n) is 11.9. The number of thiophene rings is 1. The molecular formula is C15H23ClN2OS. The molecule has 2 aliphatic heterocycles. The van der Waals surface area contributed by atoms with Gasteiger partial charge in [0.15, 0.2) is 0 Å². The maximum absolute atomic E-state index is 12.5. The topological polar surface area (TPSA) is 32.3 Å². The summed E-state index contributed by atoms with van der Waals surface area (Å²) in [6.45, 7) is 6.22. The van der Waals surface area contributed by atoms with E-state index in [0.717, 1.165) is 26.2 Å². The minimum atomic E-state index is 0. The van der Waals surface area contributed by atoms with Crippen molar-refractivity contribution >= 4 is 29.7 Å². The van der Waals surface area contributed by atoms with E-state index in [2.05, 4.69) is 21.7 Å². The van der Waals surface area contributed by atoms with Crippen LogP contribution >= 0.6 is 23.7 Å². The van der Waals surface area contributed by atoms with Crippen LogP contribution in [-0.4, -0.2) is 37.0 Å². The summed E-state index contributed by atoms with van der Waals surface area (Å²) in [5.41, 5.74) is 0.489. The van der Waals surface area contributed by atoms with Gasteiger partial charge in [0, 0.05) is 24.5 Å². The Morgan fingerprint density at radius 2 is 2.15 bits per heavy atom. The molecule has 3 nitrogen and oxygen atoms in total. The predicted octanol–water partition coefficient (Wildman–Crippen LogP) is 2.88. The number of hydrogen-bond acceptors (Lipinski definition) is 3. The van der Waals surface area contributed by atoms with Crippen LogP contribution in [0, 0.1) is 5.41 Å². The zero-order chi connectivity index (χ0) is 13.3. The Bertz CT molecular complexity index is 433. The summed E-state index contributed by atoms with van der Waals surface area (Å²) in [5.74, 6) is 0.332. The van der Waals surface area contributed by atoms with E-state index < -0.39 is 0 Å². The smallest absolute Gasteiger partial charge is 0.230 e. The molecule has 2 aliphatic rings. The minimum Gasteiger partial charge on any atom is -0.342 e. The molecule has 0 radical (unpaired) electrons. The molecule has 1 unspecified atom stereocenters. The molecule has 1 spiro atoms. The van der Waals surface area contributed by atoms with Crippen LogP contribution < -0.4 is 5.32 Å². The van der Waals surface area contributed by atoms with Gasteiger partial charge in [0.2, 0.25) is 5.91 Å². The first-order valence-corrected chi connectivity index (χ1v) is 8.11. The third kappa shape index (κ3) is 3.02. The van der Waals surface area contributed by atoms with Crippen LogP contribution in [0.25, 0.3) is 0 Å². The highest BCUT2D eigenvalue weighted by Gasteiger charge is 2.38. The van der Waals surface area contributed by atoms with E-state index in [9.17, 15) is 4.79 Å². The van der Waals surface area contributed by atoms with Gasteiger partial charge in [0.1, 0.15) is 0 Å². The number of piperidine rings is 1. The molecule has 3 rings (SSSR count). The molecule has 3 heterocycles. The number of amides is 1. The van der Waals surface area contributed by atoms with Gasteiger partial charge in [-0.1, -0.05) is 6.07 Å². The van der Waals surface area contributed by atoms with E-state index in [0.29, 0.717) is 11.3 Å². The number of carbonyl (C=O) groups excluding carboxylic acids is 1. The van der Waals surface area contributed by atoms with Crippen molar-refractivity contribution in [3.8, 4) is 0 Å². The molecule has 5 heteroatoms. The maximum Gasteiger partial charge on any atom is 0.230 e. The summed E-state index contributed by atoms with van der Waals surface area (Å²) in [5, 5.41) is 5.52. The van der Waals surface area contributed by atoms with Gasteiger partial charge in [-0.25, -0.2) is 0 Å². The number of halogens is 1. The van der Waals surface area contributed by atoms with Gasteiger partial charge in [0.05, 0.1) is 5.92 Å². The number of likely N-dealkylation sites (tertiary alicyclic amines) is 1. The first kappa shape index (κ1) is 15.8. The minimum absolute atomic E-state index is 0.